The van der Waals surface area contributed by atoms with E-state index in [2.05, 4.69) is 0 Å². The van der Waals surface area contributed by atoms with Crippen molar-refractivity contribution < 1.29 is 15.0 Å². The molecular weight excluding hydrogens is 248 g/mol. The molecule has 1 unspecified atom stereocenters. The maximum atomic E-state index is 10.9. The van der Waals surface area contributed by atoms with E-state index in [9.17, 15) is 9.90 Å². The number of aliphatic hydroxyl groups excluding tert-OH is 1. The third-order valence-corrected chi connectivity index (χ3v) is 4.14. The van der Waals surface area contributed by atoms with E-state index in [1.165, 1.54) is 11.3 Å². The smallest absolute Gasteiger partial charge is 0.309 e. The highest BCUT2D eigenvalue weighted by atomic mass is 35.5. The number of aliphatic carboxylic acids is 1. The van der Waals surface area contributed by atoms with Gasteiger partial charge in [-0.15, -0.1) is 11.3 Å². The highest BCUT2D eigenvalue weighted by Crippen LogP contribution is 2.36. The first-order valence-corrected chi connectivity index (χ1v) is 6.11. The minimum atomic E-state index is -0.941. The molecule has 0 amide bonds. The average Bonchev–Trinajstić information content (AvgIpc) is 2.46. The van der Waals surface area contributed by atoms with Crippen LogP contribution >= 0.6 is 22.9 Å². The van der Waals surface area contributed by atoms with Gasteiger partial charge in [0.25, 0.3) is 0 Å². The molecule has 1 rings (SSSR count). The Bertz CT molecular complexity index is 378. The Morgan fingerprint density at radius 1 is 1.62 bits per heavy atom. The van der Waals surface area contributed by atoms with Gasteiger partial charge in [0.15, 0.2) is 0 Å². The maximum absolute atomic E-state index is 10.9. The number of carboxylic acid groups (broad SMARTS) is 1. The van der Waals surface area contributed by atoms with E-state index in [0.29, 0.717) is 4.34 Å². The fourth-order valence-electron chi connectivity index (χ4n) is 1.32. The second-order valence-electron chi connectivity index (χ2n) is 4.51. The van der Waals surface area contributed by atoms with Crippen LogP contribution in [-0.2, 0) is 4.79 Å². The number of rotatable bonds is 4. The lowest BCUT2D eigenvalue weighted by molar-refractivity contribution is -0.148. The van der Waals surface area contributed by atoms with Crippen molar-refractivity contribution in [1.82, 2.24) is 0 Å². The van der Waals surface area contributed by atoms with E-state index in [0.717, 1.165) is 10.4 Å². The minimum absolute atomic E-state index is 0.179. The van der Waals surface area contributed by atoms with Crippen LogP contribution in [0.1, 0.15) is 36.8 Å². The number of carboxylic acids is 1. The van der Waals surface area contributed by atoms with Crippen LogP contribution in [0.2, 0.25) is 4.34 Å². The minimum Gasteiger partial charge on any atom is -0.481 e. The van der Waals surface area contributed by atoms with Crippen molar-refractivity contribution in [3.05, 3.63) is 20.8 Å². The summed E-state index contributed by atoms with van der Waals surface area (Å²) in [6.07, 6.45) is -0.596. The molecule has 0 saturated heterocycles. The van der Waals surface area contributed by atoms with Gasteiger partial charge in [-0.3, -0.25) is 4.79 Å². The third kappa shape index (κ3) is 2.97. The van der Waals surface area contributed by atoms with Gasteiger partial charge in [0, 0.05) is 4.88 Å². The predicted molar refractivity (Wildman–Crippen MR) is 65.1 cm³/mol. The van der Waals surface area contributed by atoms with Gasteiger partial charge in [-0.2, -0.15) is 0 Å². The highest BCUT2D eigenvalue weighted by Gasteiger charge is 2.31. The van der Waals surface area contributed by atoms with Crippen LogP contribution in [0.4, 0.5) is 0 Å². The molecule has 0 aliphatic carbocycles. The lowest BCUT2D eigenvalue weighted by Crippen LogP contribution is -2.25. The van der Waals surface area contributed by atoms with Gasteiger partial charge in [-0.1, -0.05) is 11.6 Å². The number of aliphatic hydroxyl groups is 1. The molecule has 90 valence electrons. The number of halogens is 1. The van der Waals surface area contributed by atoms with Gasteiger partial charge in [-0.05, 0) is 38.8 Å². The van der Waals surface area contributed by atoms with Crippen LogP contribution in [0.25, 0.3) is 0 Å². The Balaban J connectivity index is 2.80. The van der Waals surface area contributed by atoms with E-state index in [-0.39, 0.29) is 6.42 Å². The lowest BCUT2D eigenvalue weighted by Gasteiger charge is -2.21. The van der Waals surface area contributed by atoms with Gasteiger partial charge >= 0.3 is 5.97 Å². The molecule has 1 aromatic rings. The topological polar surface area (TPSA) is 57.5 Å². The first-order chi connectivity index (χ1) is 7.24. The Morgan fingerprint density at radius 3 is 2.56 bits per heavy atom. The molecule has 1 aromatic heterocycles. The molecule has 0 fully saturated rings. The SMILES string of the molecule is Cc1cc(C(O)CC(C)(C)C(=O)O)sc1Cl. The number of hydrogen-bond acceptors (Lipinski definition) is 3. The van der Waals surface area contributed by atoms with Crippen LogP contribution in [0, 0.1) is 12.3 Å². The average molecular weight is 263 g/mol. The number of hydrogen-bond donors (Lipinski definition) is 2. The van der Waals surface area contributed by atoms with Crippen molar-refractivity contribution in [3.63, 3.8) is 0 Å². The lowest BCUT2D eigenvalue weighted by atomic mass is 9.86. The van der Waals surface area contributed by atoms with Crippen LogP contribution < -0.4 is 0 Å². The molecule has 1 heterocycles. The molecule has 0 saturated carbocycles. The zero-order valence-corrected chi connectivity index (χ0v) is 11.0. The predicted octanol–water partition coefficient (Wildman–Crippen LogP) is 3.24. The largest absolute Gasteiger partial charge is 0.481 e. The first-order valence-electron chi connectivity index (χ1n) is 4.91. The molecule has 2 N–H and O–H groups in total. The van der Waals surface area contributed by atoms with Crippen LogP contribution in [-0.4, -0.2) is 16.2 Å². The molecule has 0 aliphatic rings. The van der Waals surface area contributed by atoms with Crippen molar-refractivity contribution in [2.24, 2.45) is 5.41 Å². The zero-order chi connectivity index (χ0) is 12.5. The molecule has 3 nitrogen and oxygen atoms in total. The van der Waals surface area contributed by atoms with Crippen molar-refractivity contribution >= 4 is 28.9 Å². The summed E-state index contributed by atoms with van der Waals surface area (Å²) < 4.78 is 0.641. The van der Waals surface area contributed by atoms with Crippen LogP contribution in [0.3, 0.4) is 0 Å². The van der Waals surface area contributed by atoms with E-state index in [4.69, 9.17) is 16.7 Å². The second-order valence-corrected chi connectivity index (χ2v) is 6.20. The Morgan fingerprint density at radius 2 is 2.19 bits per heavy atom. The van der Waals surface area contributed by atoms with Gasteiger partial charge in [-0.25, -0.2) is 0 Å². The van der Waals surface area contributed by atoms with Crippen molar-refractivity contribution in [1.29, 1.82) is 0 Å². The van der Waals surface area contributed by atoms with Crippen LogP contribution in [0.5, 0.6) is 0 Å². The summed E-state index contributed by atoms with van der Waals surface area (Å²) >= 11 is 7.20. The Labute approximate surface area is 104 Å². The molecule has 0 aromatic carbocycles. The number of carbonyl (C=O) groups is 1. The first kappa shape index (κ1) is 13.5. The summed E-state index contributed by atoms with van der Waals surface area (Å²) in [5.74, 6) is -0.911. The molecule has 0 bridgehead atoms. The normalized spacial score (nSPS) is 13.8. The molecule has 0 radical (unpaired) electrons. The Kier molecular flexibility index (Phi) is 3.99. The standard InChI is InChI=1S/C11H15ClO3S/c1-6-4-8(16-9(6)12)7(13)5-11(2,3)10(14)15/h4,7,13H,5H2,1-3H3,(H,14,15). The summed E-state index contributed by atoms with van der Waals surface area (Å²) in [6, 6.07) is 1.80. The van der Waals surface area contributed by atoms with E-state index >= 15 is 0 Å². The maximum Gasteiger partial charge on any atom is 0.309 e. The van der Waals surface area contributed by atoms with Gasteiger partial charge < -0.3 is 10.2 Å². The monoisotopic (exact) mass is 262 g/mol. The second kappa shape index (κ2) is 4.73. The number of thiophene rings is 1. The van der Waals surface area contributed by atoms with Crippen LogP contribution in [0.15, 0.2) is 6.07 Å². The number of aryl methyl sites for hydroxylation is 1. The summed E-state index contributed by atoms with van der Waals surface area (Å²) in [4.78, 5) is 11.6. The third-order valence-electron chi connectivity index (χ3n) is 2.49. The molecular formula is C11H15ClO3S. The molecule has 0 aliphatic heterocycles. The van der Waals surface area contributed by atoms with E-state index in [1.807, 2.05) is 6.92 Å². The summed E-state index contributed by atoms with van der Waals surface area (Å²) in [6.45, 7) is 5.05. The summed E-state index contributed by atoms with van der Waals surface area (Å²) in [5, 5.41) is 18.9. The Hall–Kier alpha value is -0.580. The molecule has 5 heteroatoms. The molecule has 1 atom stereocenters. The van der Waals surface area contributed by atoms with Crippen molar-refractivity contribution in [2.75, 3.05) is 0 Å². The highest BCUT2D eigenvalue weighted by molar-refractivity contribution is 7.16. The van der Waals surface area contributed by atoms with Gasteiger partial charge in [0.05, 0.1) is 15.9 Å². The van der Waals surface area contributed by atoms with Crippen molar-refractivity contribution in [3.8, 4) is 0 Å². The van der Waals surface area contributed by atoms with E-state index in [1.54, 1.807) is 19.9 Å². The fourth-order valence-corrected chi connectivity index (χ4v) is 2.52. The van der Waals surface area contributed by atoms with Gasteiger partial charge in [0.1, 0.15) is 0 Å². The van der Waals surface area contributed by atoms with Gasteiger partial charge in [0.2, 0.25) is 0 Å². The zero-order valence-electron chi connectivity index (χ0n) is 9.45. The van der Waals surface area contributed by atoms with Crippen molar-refractivity contribution in [2.45, 2.75) is 33.3 Å². The summed E-state index contributed by atoms with van der Waals surface area (Å²) in [5.41, 5.74) is -0.0297. The summed E-state index contributed by atoms with van der Waals surface area (Å²) in [7, 11) is 0. The molecule has 16 heavy (non-hydrogen) atoms. The fraction of sp³-hybridized carbons (Fsp3) is 0.545. The molecule has 0 spiro atoms. The van der Waals surface area contributed by atoms with E-state index < -0.39 is 17.5 Å². The quantitative estimate of drug-likeness (QED) is 0.876.